The summed E-state index contributed by atoms with van der Waals surface area (Å²) < 4.78 is 6.88. The van der Waals surface area contributed by atoms with Crippen molar-refractivity contribution in [1.82, 2.24) is 30.4 Å². The van der Waals surface area contributed by atoms with Crippen LogP contribution < -0.4 is 10.6 Å². The number of amides is 2. The summed E-state index contributed by atoms with van der Waals surface area (Å²) in [6.45, 7) is 1.39. The molecule has 3 aliphatic rings. The van der Waals surface area contributed by atoms with Crippen LogP contribution in [0.4, 0.5) is 5.69 Å². The predicted octanol–water partition coefficient (Wildman–Crippen LogP) is 1.38. The number of fused-ring (bicyclic) bond motifs is 3. The first-order chi connectivity index (χ1) is 16.2. The summed E-state index contributed by atoms with van der Waals surface area (Å²) in [5.41, 5.74) is 2.26. The van der Waals surface area contributed by atoms with Gasteiger partial charge in [-0.1, -0.05) is 31.0 Å². The normalized spacial score (nSPS) is 28.5. The number of tetrazole rings is 1. The molecule has 10 heteroatoms. The van der Waals surface area contributed by atoms with Gasteiger partial charge in [0, 0.05) is 31.3 Å². The zero-order chi connectivity index (χ0) is 22.8. The highest BCUT2D eigenvalue weighted by Crippen LogP contribution is 2.47. The third kappa shape index (κ3) is 4.31. The van der Waals surface area contributed by atoms with Gasteiger partial charge in [0.2, 0.25) is 11.8 Å². The van der Waals surface area contributed by atoms with E-state index < -0.39 is 0 Å². The Morgan fingerprint density at radius 2 is 2.06 bits per heavy atom. The van der Waals surface area contributed by atoms with Gasteiger partial charge in [-0.3, -0.25) is 9.59 Å². The van der Waals surface area contributed by atoms with Crippen LogP contribution in [0.15, 0.2) is 30.6 Å². The van der Waals surface area contributed by atoms with E-state index in [1.807, 2.05) is 12.1 Å². The first kappa shape index (κ1) is 21.8. The van der Waals surface area contributed by atoms with Crippen LogP contribution in [0.5, 0.6) is 0 Å². The molecular formula is C23H31N7O3. The second-order valence-corrected chi connectivity index (χ2v) is 9.29. The Bertz CT molecular complexity index is 982. The summed E-state index contributed by atoms with van der Waals surface area (Å²) >= 11 is 0. The van der Waals surface area contributed by atoms with E-state index in [-0.39, 0.29) is 42.4 Å². The molecule has 0 spiro atoms. The molecule has 5 rings (SSSR count). The van der Waals surface area contributed by atoms with Gasteiger partial charge in [0.25, 0.3) is 0 Å². The van der Waals surface area contributed by atoms with E-state index in [4.69, 9.17) is 4.74 Å². The second kappa shape index (κ2) is 9.46. The number of nitrogens with one attached hydrogen (secondary N) is 2. The van der Waals surface area contributed by atoms with Gasteiger partial charge in [-0.2, -0.15) is 0 Å². The van der Waals surface area contributed by atoms with Crippen LogP contribution >= 0.6 is 0 Å². The van der Waals surface area contributed by atoms with Crippen molar-refractivity contribution in [2.24, 2.45) is 11.8 Å². The van der Waals surface area contributed by atoms with Gasteiger partial charge in [0.15, 0.2) is 0 Å². The molecule has 3 heterocycles. The minimum atomic E-state index is -0.210. The van der Waals surface area contributed by atoms with Gasteiger partial charge in [-0.05, 0) is 41.3 Å². The van der Waals surface area contributed by atoms with E-state index in [1.54, 1.807) is 7.11 Å². The molecule has 33 heavy (non-hydrogen) atoms. The highest BCUT2D eigenvalue weighted by molar-refractivity contribution is 5.83. The van der Waals surface area contributed by atoms with Crippen molar-refractivity contribution in [3.05, 3.63) is 36.2 Å². The molecule has 2 aliphatic heterocycles. The Hall–Kier alpha value is -3.01. The number of methoxy groups -OCH3 is 1. The van der Waals surface area contributed by atoms with Crippen molar-refractivity contribution in [3.8, 4) is 0 Å². The maximum absolute atomic E-state index is 13.9. The molecule has 1 aromatic carbocycles. The molecule has 10 nitrogen and oxygen atoms in total. The lowest BCUT2D eigenvalue weighted by Gasteiger charge is -2.41. The fourth-order valence-electron chi connectivity index (χ4n) is 5.89. The maximum Gasteiger partial charge on any atom is 0.242 e. The standard InChI is InChI=1S/C23H31N7O3/c1-33-13-20-16-10-11-30(22(16)15-6-2-4-8-18(15)25-20)23(32)17-7-3-5-9-19(17)26-21(31)12-29-14-24-27-28-29/h2,4,6,8,14,16-17,19-20,22,25H,3,5,7,9-13H2,1H3,(H,26,31)/t16-,17-,19+,20-,22-/m0/s1. The van der Waals surface area contributed by atoms with E-state index >= 15 is 0 Å². The molecular weight excluding hydrogens is 422 g/mol. The number of nitrogens with zero attached hydrogens (tertiary/aromatic N) is 5. The van der Waals surface area contributed by atoms with Crippen molar-refractivity contribution in [3.63, 3.8) is 0 Å². The van der Waals surface area contributed by atoms with Gasteiger partial charge in [0.1, 0.15) is 12.9 Å². The number of carbonyl (C=O) groups is 2. The Balaban J connectivity index is 1.35. The number of benzene rings is 1. The molecule has 1 saturated heterocycles. The molecule has 176 valence electrons. The quantitative estimate of drug-likeness (QED) is 0.679. The van der Waals surface area contributed by atoms with Crippen molar-refractivity contribution in [1.29, 1.82) is 0 Å². The number of hydrogen-bond donors (Lipinski definition) is 2. The van der Waals surface area contributed by atoms with E-state index in [9.17, 15) is 9.59 Å². The molecule has 1 saturated carbocycles. The second-order valence-electron chi connectivity index (χ2n) is 9.29. The molecule has 1 aromatic heterocycles. The lowest BCUT2D eigenvalue weighted by Crippen LogP contribution is -2.51. The minimum absolute atomic E-state index is 0.0367. The largest absolute Gasteiger partial charge is 0.383 e. The minimum Gasteiger partial charge on any atom is -0.383 e. The summed E-state index contributed by atoms with van der Waals surface area (Å²) in [4.78, 5) is 28.6. The van der Waals surface area contributed by atoms with Crippen LogP contribution in [0.1, 0.15) is 43.7 Å². The van der Waals surface area contributed by atoms with E-state index in [2.05, 4.69) is 43.2 Å². The SMILES string of the molecule is COC[C@@H]1Nc2ccccc2[C@H]2[C@H]1CCN2C(=O)[C@H]1CCCC[C@H]1NC(=O)Cn1cnnn1. The number of carbonyl (C=O) groups excluding carboxylic acids is 2. The highest BCUT2D eigenvalue weighted by Gasteiger charge is 2.48. The number of hydrogen-bond acceptors (Lipinski definition) is 7. The molecule has 2 N–H and O–H groups in total. The smallest absolute Gasteiger partial charge is 0.242 e. The van der Waals surface area contributed by atoms with Crippen LogP contribution in [0.25, 0.3) is 0 Å². The van der Waals surface area contributed by atoms with Gasteiger partial charge in [-0.15, -0.1) is 5.10 Å². The van der Waals surface area contributed by atoms with E-state index in [0.717, 1.165) is 44.3 Å². The summed E-state index contributed by atoms with van der Waals surface area (Å²) in [6, 6.07) is 8.31. The van der Waals surface area contributed by atoms with Crippen molar-refractivity contribution in [2.45, 2.75) is 56.8 Å². The van der Waals surface area contributed by atoms with Crippen LogP contribution in [0.2, 0.25) is 0 Å². The zero-order valence-corrected chi connectivity index (χ0v) is 18.9. The summed E-state index contributed by atoms with van der Waals surface area (Å²) in [7, 11) is 1.72. The number of para-hydroxylation sites is 1. The fourth-order valence-corrected chi connectivity index (χ4v) is 5.89. The number of anilines is 1. The van der Waals surface area contributed by atoms with E-state index in [0.29, 0.717) is 12.5 Å². The van der Waals surface area contributed by atoms with Crippen molar-refractivity contribution >= 4 is 17.5 Å². The van der Waals surface area contributed by atoms with Gasteiger partial charge in [-0.25, -0.2) is 4.68 Å². The predicted molar refractivity (Wildman–Crippen MR) is 120 cm³/mol. The summed E-state index contributed by atoms with van der Waals surface area (Å²) in [5, 5.41) is 17.6. The third-order valence-electron chi connectivity index (χ3n) is 7.34. The number of likely N-dealkylation sites (tertiary alicyclic amines) is 1. The first-order valence-corrected chi connectivity index (χ1v) is 11.8. The average Bonchev–Trinajstić information content (AvgIpc) is 3.50. The molecule has 2 fully saturated rings. The van der Waals surface area contributed by atoms with Gasteiger partial charge >= 0.3 is 0 Å². The number of aromatic nitrogens is 4. The first-order valence-electron chi connectivity index (χ1n) is 11.8. The Labute approximate surface area is 193 Å². The average molecular weight is 454 g/mol. The van der Waals surface area contributed by atoms with Crippen molar-refractivity contribution in [2.75, 3.05) is 25.6 Å². The Morgan fingerprint density at radius 3 is 2.88 bits per heavy atom. The number of ether oxygens (including phenoxy) is 1. The molecule has 0 radical (unpaired) electrons. The summed E-state index contributed by atoms with van der Waals surface area (Å²) in [6.07, 6.45) is 5.97. The van der Waals surface area contributed by atoms with Crippen molar-refractivity contribution < 1.29 is 14.3 Å². The molecule has 1 aliphatic carbocycles. The van der Waals surface area contributed by atoms with Gasteiger partial charge in [0.05, 0.1) is 24.6 Å². The zero-order valence-electron chi connectivity index (χ0n) is 18.9. The third-order valence-corrected chi connectivity index (χ3v) is 7.34. The van der Waals surface area contributed by atoms with Crippen LogP contribution in [-0.2, 0) is 20.9 Å². The van der Waals surface area contributed by atoms with E-state index in [1.165, 1.54) is 16.6 Å². The highest BCUT2D eigenvalue weighted by atomic mass is 16.5. The maximum atomic E-state index is 13.9. The van der Waals surface area contributed by atoms with Gasteiger partial charge < -0.3 is 20.3 Å². The molecule has 0 bridgehead atoms. The molecule has 2 amide bonds. The van der Waals surface area contributed by atoms with Crippen LogP contribution in [-0.4, -0.2) is 69.3 Å². The number of rotatable bonds is 6. The Morgan fingerprint density at radius 1 is 1.21 bits per heavy atom. The topological polar surface area (TPSA) is 114 Å². The molecule has 0 unspecified atom stereocenters. The van der Waals surface area contributed by atoms with Crippen LogP contribution in [0.3, 0.4) is 0 Å². The molecule has 2 aromatic rings. The Kier molecular flexibility index (Phi) is 6.26. The summed E-state index contributed by atoms with van der Waals surface area (Å²) in [5.74, 6) is 0.0833. The lowest BCUT2D eigenvalue weighted by atomic mass is 9.81. The molecule has 5 atom stereocenters. The fraction of sp³-hybridized carbons (Fsp3) is 0.609. The lowest BCUT2D eigenvalue weighted by molar-refractivity contribution is -0.139. The monoisotopic (exact) mass is 453 g/mol. The van der Waals surface area contributed by atoms with Crippen LogP contribution in [0, 0.1) is 11.8 Å².